The lowest BCUT2D eigenvalue weighted by Crippen LogP contribution is -2.10. The van der Waals surface area contributed by atoms with E-state index >= 15 is 0 Å². The van der Waals surface area contributed by atoms with E-state index in [0.29, 0.717) is 0 Å². The van der Waals surface area contributed by atoms with E-state index in [-0.39, 0.29) is 0 Å². The van der Waals surface area contributed by atoms with E-state index in [1.165, 1.54) is 54.4 Å². The summed E-state index contributed by atoms with van der Waals surface area (Å²) in [5.74, 6) is 1.00. The zero-order chi connectivity index (χ0) is 29.0. The quantitative estimate of drug-likeness (QED) is 0.198. The molecule has 1 aliphatic rings. The normalized spacial score (nSPS) is 12.7. The molecule has 0 N–H and O–H groups in total. The third-order valence-corrected chi connectivity index (χ3v) is 9.08. The molecule has 44 heavy (non-hydrogen) atoms. The second-order valence-corrected chi connectivity index (χ2v) is 11.6. The van der Waals surface area contributed by atoms with Crippen molar-refractivity contribution in [2.75, 3.05) is 4.90 Å². The van der Waals surface area contributed by atoms with Gasteiger partial charge in [-0.3, -0.25) is 0 Å². The Morgan fingerprint density at radius 3 is 2.00 bits per heavy atom. The topological polar surface area (TPSA) is 16.4 Å². The monoisotopic (exact) mass is 563 g/mol. The van der Waals surface area contributed by atoms with Gasteiger partial charge in [-0.1, -0.05) is 97.1 Å². The van der Waals surface area contributed by atoms with E-state index < -0.39 is 0 Å². The van der Waals surface area contributed by atoms with Gasteiger partial charge < -0.3 is 9.32 Å². The first-order chi connectivity index (χ1) is 21.8. The largest absolute Gasteiger partial charge is 0.456 e. The summed E-state index contributed by atoms with van der Waals surface area (Å²) >= 11 is 0. The van der Waals surface area contributed by atoms with Crippen LogP contribution in [-0.4, -0.2) is 0 Å². The number of fused-ring (bicyclic) bond motifs is 10. The lowest BCUT2D eigenvalue weighted by atomic mass is 9.89. The maximum atomic E-state index is 6.39. The molecule has 0 saturated carbocycles. The average Bonchev–Trinajstić information content (AvgIpc) is 3.48. The number of furan rings is 1. The van der Waals surface area contributed by atoms with Crippen LogP contribution in [0.1, 0.15) is 17.7 Å². The highest BCUT2D eigenvalue weighted by Crippen LogP contribution is 2.45. The van der Waals surface area contributed by atoms with Crippen molar-refractivity contribution >= 4 is 66.4 Å². The van der Waals surface area contributed by atoms with Crippen molar-refractivity contribution in [1.82, 2.24) is 0 Å². The van der Waals surface area contributed by atoms with Gasteiger partial charge in [0, 0.05) is 33.4 Å². The number of rotatable bonds is 4. The van der Waals surface area contributed by atoms with Crippen LogP contribution >= 0.6 is 0 Å². The summed E-state index contributed by atoms with van der Waals surface area (Å²) in [6.07, 6.45) is 6.41. The molecule has 9 rings (SSSR count). The molecule has 0 spiro atoms. The minimum Gasteiger partial charge on any atom is -0.456 e. The fourth-order valence-corrected chi connectivity index (χ4v) is 7.12. The summed E-state index contributed by atoms with van der Waals surface area (Å²) in [5, 5.41) is 8.88. The molecule has 0 radical (unpaired) electrons. The first kappa shape index (κ1) is 24.9. The Balaban J connectivity index is 1.33. The zero-order valence-electron chi connectivity index (χ0n) is 24.2. The third kappa shape index (κ3) is 3.88. The molecule has 0 bridgehead atoms. The van der Waals surface area contributed by atoms with Crippen LogP contribution in [0.3, 0.4) is 0 Å². The molecule has 1 aromatic heterocycles. The molecule has 7 aromatic carbocycles. The molecular weight excluding hydrogens is 534 g/mol. The molecule has 1 heterocycles. The summed E-state index contributed by atoms with van der Waals surface area (Å²) in [5.41, 5.74) is 8.09. The van der Waals surface area contributed by atoms with Crippen molar-refractivity contribution in [3.63, 3.8) is 0 Å². The third-order valence-electron chi connectivity index (χ3n) is 9.08. The zero-order valence-corrected chi connectivity index (χ0v) is 24.2. The van der Waals surface area contributed by atoms with Crippen LogP contribution < -0.4 is 4.90 Å². The molecule has 0 fully saturated rings. The minimum atomic E-state index is 0.971. The van der Waals surface area contributed by atoms with Crippen molar-refractivity contribution in [3.8, 4) is 11.1 Å². The maximum Gasteiger partial charge on any atom is 0.135 e. The van der Waals surface area contributed by atoms with Gasteiger partial charge in [0.25, 0.3) is 0 Å². The van der Waals surface area contributed by atoms with E-state index in [1.807, 2.05) is 0 Å². The number of aryl methyl sites for hydroxylation is 1. The minimum absolute atomic E-state index is 0.971. The predicted octanol–water partition coefficient (Wildman–Crippen LogP) is 12.0. The van der Waals surface area contributed by atoms with Crippen molar-refractivity contribution in [2.24, 2.45) is 0 Å². The van der Waals surface area contributed by atoms with Gasteiger partial charge in [-0.2, -0.15) is 0 Å². The van der Waals surface area contributed by atoms with Gasteiger partial charge in [0.2, 0.25) is 0 Å². The molecular formula is C42H29NO. The fraction of sp³-hybridized carbons (Fsp3) is 0.0476. The van der Waals surface area contributed by atoms with E-state index in [0.717, 1.165) is 41.2 Å². The van der Waals surface area contributed by atoms with Crippen molar-refractivity contribution < 1.29 is 4.42 Å². The first-order valence-corrected chi connectivity index (χ1v) is 15.3. The van der Waals surface area contributed by atoms with Gasteiger partial charge in [-0.05, 0) is 106 Å². The molecule has 208 valence electrons. The number of hydrogen-bond donors (Lipinski definition) is 0. The Morgan fingerprint density at radius 2 is 1.14 bits per heavy atom. The van der Waals surface area contributed by atoms with Gasteiger partial charge >= 0.3 is 0 Å². The highest BCUT2D eigenvalue weighted by molar-refractivity contribution is 6.32. The molecule has 0 saturated heterocycles. The second-order valence-electron chi connectivity index (χ2n) is 11.6. The van der Waals surface area contributed by atoms with E-state index in [4.69, 9.17) is 4.42 Å². The lowest BCUT2D eigenvalue weighted by Gasteiger charge is -2.26. The SMILES string of the molecule is C1=Cc2oc3ccc4c5cc(N(c6ccccc6)c6cccc(-c7ccccc7)c6)ccc5c5ccccc5c4c3c2CC1. The van der Waals surface area contributed by atoms with Crippen LogP contribution in [0, 0.1) is 0 Å². The number of anilines is 3. The molecule has 8 aromatic rings. The van der Waals surface area contributed by atoms with Gasteiger partial charge in [0.15, 0.2) is 0 Å². The smallest absolute Gasteiger partial charge is 0.135 e. The fourth-order valence-electron chi connectivity index (χ4n) is 7.12. The van der Waals surface area contributed by atoms with Crippen LogP contribution in [-0.2, 0) is 6.42 Å². The Bertz CT molecular complexity index is 2380. The van der Waals surface area contributed by atoms with Crippen LogP contribution in [0.2, 0.25) is 0 Å². The van der Waals surface area contributed by atoms with Crippen molar-refractivity contribution in [3.05, 3.63) is 157 Å². The second kappa shape index (κ2) is 10.00. The van der Waals surface area contributed by atoms with Crippen LogP contribution in [0.5, 0.6) is 0 Å². The summed E-state index contributed by atoms with van der Waals surface area (Å²) in [6.45, 7) is 0. The van der Waals surface area contributed by atoms with Crippen LogP contribution in [0.15, 0.2) is 150 Å². The van der Waals surface area contributed by atoms with Crippen molar-refractivity contribution in [2.45, 2.75) is 12.8 Å². The lowest BCUT2D eigenvalue weighted by molar-refractivity contribution is 0.595. The number of nitrogens with zero attached hydrogens (tertiary/aromatic N) is 1. The highest BCUT2D eigenvalue weighted by Gasteiger charge is 2.21. The van der Waals surface area contributed by atoms with Crippen LogP contribution in [0.4, 0.5) is 17.1 Å². The number of para-hydroxylation sites is 1. The summed E-state index contributed by atoms with van der Waals surface area (Å²) in [4.78, 5) is 2.37. The van der Waals surface area contributed by atoms with Crippen molar-refractivity contribution in [1.29, 1.82) is 0 Å². The van der Waals surface area contributed by atoms with Gasteiger partial charge in [0.1, 0.15) is 11.3 Å². The predicted molar refractivity (Wildman–Crippen MR) is 186 cm³/mol. The first-order valence-electron chi connectivity index (χ1n) is 15.3. The number of allylic oxidation sites excluding steroid dienone is 1. The molecule has 1 aliphatic carbocycles. The Morgan fingerprint density at radius 1 is 0.477 bits per heavy atom. The summed E-state index contributed by atoms with van der Waals surface area (Å²) in [7, 11) is 0. The summed E-state index contributed by atoms with van der Waals surface area (Å²) in [6, 6.07) is 50.4. The van der Waals surface area contributed by atoms with Gasteiger partial charge in [0.05, 0.1) is 0 Å². The summed E-state index contributed by atoms with van der Waals surface area (Å²) < 4.78 is 6.39. The number of hydrogen-bond acceptors (Lipinski definition) is 2. The molecule has 2 heteroatoms. The molecule has 0 aliphatic heterocycles. The van der Waals surface area contributed by atoms with E-state index in [1.54, 1.807) is 0 Å². The Labute approximate surface area is 256 Å². The average molecular weight is 564 g/mol. The molecule has 0 amide bonds. The molecule has 2 nitrogen and oxygen atoms in total. The standard InChI is InChI=1S/C42H29NO/c1-3-12-28(13-4-1)29-14-11-17-31(26-29)43(30-15-5-2-6-16-30)32-22-23-34-33-18-7-8-19-35(33)41-36(38(34)27-32)24-25-40-42(41)37-20-9-10-21-39(37)44-40/h1-8,10-19,21-27H,9,20H2. The van der Waals surface area contributed by atoms with Crippen LogP contribution in [0.25, 0.3) is 60.5 Å². The Kier molecular flexibility index (Phi) is 5.67. The van der Waals surface area contributed by atoms with E-state index in [2.05, 4.69) is 157 Å². The molecule has 0 atom stereocenters. The highest BCUT2D eigenvalue weighted by atomic mass is 16.3. The number of benzene rings is 7. The maximum absolute atomic E-state index is 6.39. The Hall–Kier alpha value is -5.60. The van der Waals surface area contributed by atoms with Gasteiger partial charge in [-0.25, -0.2) is 0 Å². The molecule has 0 unspecified atom stereocenters. The van der Waals surface area contributed by atoms with Gasteiger partial charge in [-0.15, -0.1) is 0 Å². The van der Waals surface area contributed by atoms with E-state index in [9.17, 15) is 0 Å².